The fourth-order valence-electron chi connectivity index (χ4n) is 12.1. The van der Waals surface area contributed by atoms with Crippen molar-refractivity contribution in [2.45, 2.75) is 6.92 Å². The van der Waals surface area contributed by atoms with Gasteiger partial charge < -0.3 is 13.7 Å². The zero-order valence-corrected chi connectivity index (χ0v) is 39.6. The summed E-state index contributed by atoms with van der Waals surface area (Å²) in [6.45, 7) is 2.08. The fourth-order valence-corrected chi connectivity index (χ4v) is 12.1. The molecule has 0 aliphatic rings. The molecule has 72 heavy (non-hydrogen) atoms. The van der Waals surface area contributed by atoms with Crippen LogP contribution in [0.4, 0.5) is 0 Å². The van der Waals surface area contributed by atoms with Crippen LogP contribution < -0.4 is 0 Å². The lowest BCUT2D eigenvalue weighted by atomic mass is 9.97. The molecule has 0 aliphatic heterocycles. The first kappa shape index (κ1) is 40.4. The van der Waals surface area contributed by atoms with E-state index in [9.17, 15) is 0 Å². The van der Waals surface area contributed by atoms with Crippen LogP contribution in [0.1, 0.15) is 12.5 Å². The van der Waals surface area contributed by atoms with E-state index < -0.39 is 0 Å². The minimum atomic E-state index is 1.12. The number of nitrogens with zero attached hydrogens (tertiary/aromatic N) is 3. The second-order valence-electron chi connectivity index (χ2n) is 19.2. The molecule has 0 amide bonds. The van der Waals surface area contributed by atoms with Crippen molar-refractivity contribution < 1.29 is 0 Å². The molecule has 0 aliphatic carbocycles. The van der Waals surface area contributed by atoms with Gasteiger partial charge in [-0.05, 0) is 134 Å². The predicted octanol–water partition coefficient (Wildman–Crippen LogP) is 18.8. The normalized spacial score (nSPS) is 12.2. The van der Waals surface area contributed by atoms with Gasteiger partial charge in [0.25, 0.3) is 0 Å². The van der Waals surface area contributed by atoms with Gasteiger partial charge in [-0.15, -0.1) is 0 Å². The topological polar surface area (TPSA) is 14.8 Å². The van der Waals surface area contributed by atoms with Crippen molar-refractivity contribution in [2.24, 2.45) is 0 Å². The third kappa shape index (κ3) is 5.98. The second kappa shape index (κ2) is 15.8. The molecular weight excluding hydrogens is 871 g/mol. The smallest absolute Gasteiger partial charge is 0.0648 e. The van der Waals surface area contributed by atoms with Gasteiger partial charge in [0.05, 0.1) is 33.1 Å². The number of fused-ring (bicyclic) bond motifs is 16. The Morgan fingerprint density at radius 2 is 0.833 bits per heavy atom. The molecule has 3 nitrogen and oxygen atoms in total. The van der Waals surface area contributed by atoms with Crippen LogP contribution in [0.15, 0.2) is 249 Å². The van der Waals surface area contributed by atoms with Crippen molar-refractivity contribution in [3.8, 4) is 39.3 Å². The molecule has 0 saturated carbocycles. The van der Waals surface area contributed by atoms with Gasteiger partial charge in [-0.3, -0.25) is 0 Å². The molecule has 15 rings (SSSR count). The summed E-state index contributed by atoms with van der Waals surface area (Å²) in [4.78, 5) is 0. The lowest BCUT2D eigenvalue weighted by molar-refractivity contribution is 1.17. The third-order valence-electron chi connectivity index (χ3n) is 15.2. The van der Waals surface area contributed by atoms with E-state index in [2.05, 4.69) is 275 Å². The highest BCUT2D eigenvalue weighted by molar-refractivity contribution is 6.39. The summed E-state index contributed by atoms with van der Waals surface area (Å²) < 4.78 is 7.61. The summed E-state index contributed by atoms with van der Waals surface area (Å²) in [5.74, 6) is 0. The maximum absolute atomic E-state index is 2.61. The van der Waals surface area contributed by atoms with E-state index in [1.54, 1.807) is 0 Å². The first-order valence-corrected chi connectivity index (χ1v) is 24.9. The van der Waals surface area contributed by atoms with E-state index in [4.69, 9.17) is 0 Å². The number of hydrogen-bond donors (Lipinski definition) is 0. The molecule has 3 heteroatoms. The quantitative estimate of drug-likeness (QED) is 0.158. The van der Waals surface area contributed by atoms with E-state index in [0.717, 1.165) is 17.1 Å². The highest BCUT2D eigenvalue weighted by atomic mass is 15.0. The van der Waals surface area contributed by atoms with Crippen LogP contribution in [0.3, 0.4) is 0 Å². The molecule has 3 heterocycles. The second-order valence-corrected chi connectivity index (χ2v) is 19.2. The molecule has 0 radical (unpaired) electrons. The number of hydrogen-bond acceptors (Lipinski definition) is 0. The van der Waals surface area contributed by atoms with Crippen LogP contribution in [0.2, 0.25) is 0 Å². The van der Waals surface area contributed by atoms with Crippen LogP contribution >= 0.6 is 0 Å². The van der Waals surface area contributed by atoms with Crippen LogP contribution in [-0.2, 0) is 0 Å². The highest BCUT2D eigenvalue weighted by Gasteiger charge is 2.27. The van der Waals surface area contributed by atoms with E-state index in [-0.39, 0.29) is 0 Å². The van der Waals surface area contributed by atoms with Crippen LogP contribution in [0, 0.1) is 0 Å². The Balaban J connectivity index is 1.11. The molecular formula is C69H45N3. The molecule has 0 unspecified atom stereocenters. The Morgan fingerprint density at radius 1 is 0.278 bits per heavy atom. The van der Waals surface area contributed by atoms with Gasteiger partial charge in [-0.25, -0.2) is 0 Å². The Morgan fingerprint density at radius 3 is 1.57 bits per heavy atom. The maximum Gasteiger partial charge on any atom is 0.0648 e. The average molecular weight is 916 g/mol. The van der Waals surface area contributed by atoms with E-state index >= 15 is 0 Å². The predicted molar refractivity (Wildman–Crippen MR) is 308 cm³/mol. The summed E-state index contributed by atoms with van der Waals surface area (Å²) in [6, 6.07) is 90.1. The molecule has 0 N–H and O–H groups in total. The van der Waals surface area contributed by atoms with E-state index in [0.29, 0.717) is 0 Å². The minimum absolute atomic E-state index is 1.12. The first-order chi connectivity index (χ1) is 35.7. The Labute approximate surface area is 416 Å². The molecule has 0 fully saturated rings. The number of allylic oxidation sites excluding steroid dienone is 1. The number of rotatable bonds is 6. The largest absolute Gasteiger partial charge is 0.309 e. The van der Waals surface area contributed by atoms with Crippen molar-refractivity contribution >= 4 is 104 Å². The molecule has 0 bridgehead atoms. The number of aromatic nitrogens is 3. The molecule has 12 aromatic carbocycles. The highest BCUT2D eigenvalue weighted by Crippen LogP contribution is 2.50. The molecule has 336 valence electrons. The van der Waals surface area contributed by atoms with E-state index in [1.165, 1.54) is 126 Å². The zero-order valence-electron chi connectivity index (χ0n) is 39.6. The van der Waals surface area contributed by atoms with Crippen molar-refractivity contribution in [1.29, 1.82) is 0 Å². The van der Waals surface area contributed by atoms with Crippen molar-refractivity contribution in [3.63, 3.8) is 0 Å². The number of benzene rings is 12. The van der Waals surface area contributed by atoms with Crippen molar-refractivity contribution in [2.75, 3.05) is 0 Å². The minimum Gasteiger partial charge on any atom is -0.309 e. The Hall–Kier alpha value is -9.44. The Kier molecular flexibility index (Phi) is 8.87. The monoisotopic (exact) mass is 915 g/mol. The lowest BCUT2D eigenvalue weighted by Gasteiger charge is -2.13. The fraction of sp³-hybridized carbons (Fsp3) is 0.0145. The summed E-state index contributed by atoms with van der Waals surface area (Å²) in [7, 11) is 0. The molecule has 0 spiro atoms. The summed E-state index contributed by atoms with van der Waals surface area (Å²) in [5, 5.41) is 14.8. The van der Waals surface area contributed by atoms with Gasteiger partial charge in [-0.2, -0.15) is 0 Å². The van der Waals surface area contributed by atoms with Gasteiger partial charge in [0, 0.05) is 54.8 Å². The van der Waals surface area contributed by atoms with Gasteiger partial charge in [0.15, 0.2) is 0 Å². The van der Waals surface area contributed by atoms with Gasteiger partial charge in [0.1, 0.15) is 0 Å². The third-order valence-corrected chi connectivity index (χ3v) is 15.2. The molecule has 3 aromatic heterocycles. The van der Waals surface area contributed by atoms with Gasteiger partial charge in [-0.1, -0.05) is 182 Å². The van der Waals surface area contributed by atoms with Crippen LogP contribution in [-0.4, -0.2) is 13.7 Å². The van der Waals surface area contributed by atoms with Gasteiger partial charge in [0.2, 0.25) is 0 Å². The summed E-state index contributed by atoms with van der Waals surface area (Å²) >= 11 is 0. The molecule has 15 aromatic rings. The summed E-state index contributed by atoms with van der Waals surface area (Å²) in [5.41, 5.74) is 16.5. The van der Waals surface area contributed by atoms with Crippen molar-refractivity contribution in [3.05, 3.63) is 254 Å². The standard InChI is InChI=1S/C69H45N3/c1-2-15-44-28-35-54(36-29-44)72-68-59(37-39-63-65(68)58-26-12-13-27-61(58)70(63)55-23-14-20-49(42-55)50-32-30-45-16-6-8-18-47(45)40-50)64-56-24-10-11-25-57(56)67-66(69(64)72)60-43-52(51-33-31-46-17-7-9-19-48(46)41-51)34-38-62(60)71(67)53-21-4-3-5-22-53/h2-43H,1H3/b15-2+. The Bertz CT molecular complexity index is 4730. The van der Waals surface area contributed by atoms with Crippen LogP contribution in [0.5, 0.6) is 0 Å². The summed E-state index contributed by atoms with van der Waals surface area (Å²) in [6.07, 6.45) is 4.30. The maximum atomic E-state index is 2.61. The molecule has 0 atom stereocenters. The number of para-hydroxylation sites is 2. The average Bonchev–Trinajstić information content (AvgIpc) is 4.10. The zero-order chi connectivity index (χ0) is 47.4. The van der Waals surface area contributed by atoms with Gasteiger partial charge >= 0.3 is 0 Å². The lowest BCUT2D eigenvalue weighted by Crippen LogP contribution is -1.97. The van der Waals surface area contributed by atoms with E-state index in [1.807, 2.05) is 0 Å². The van der Waals surface area contributed by atoms with Crippen LogP contribution in [0.25, 0.3) is 143 Å². The molecule has 0 saturated heterocycles. The SMILES string of the molecule is C/C=C/c1ccc(-n2c3c(ccc4c3c3ccccc3n4-c3cccc(-c4ccc5ccccc5c4)c3)c3c4ccccc4c4c(c5cc(-c6ccc7ccccc7c6)ccc5n4-c4ccccc4)c32)cc1. The van der Waals surface area contributed by atoms with Crippen molar-refractivity contribution in [1.82, 2.24) is 13.7 Å². The first-order valence-electron chi connectivity index (χ1n) is 24.9.